The Bertz CT molecular complexity index is 725. The summed E-state index contributed by atoms with van der Waals surface area (Å²) in [5.74, 6) is -8.36. The topological polar surface area (TPSA) is 107 Å². The molecule has 18 heteroatoms. The second-order valence-corrected chi connectivity index (χ2v) is 7.52. The number of ether oxygens (including phenoxy) is 2. The van der Waals surface area contributed by atoms with E-state index in [9.17, 15) is 61.9 Å². The van der Waals surface area contributed by atoms with Crippen molar-refractivity contribution >= 4 is 22.1 Å². The first-order valence-electron chi connectivity index (χ1n) is 7.76. The highest BCUT2D eigenvalue weighted by Crippen LogP contribution is 2.38. The molecule has 184 valence electrons. The van der Waals surface area contributed by atoms with Crippen LogP contribution in [0.3, 0.4) is 0 Å². The van der Waals surface area contributed by atoms with Gasteiger partial charge in [-0.2, -0.15) is 43.5 Å². The van der Waals surface area contributed by atoms with Crippen LogP contribution in [-0.4, -0.2) is 60.6 Å². The van der Waals surface area contributed by atoms with E-state index in [1.54, 1.807) is 0 Å². The summed E-state index contributed by atoms with van der Waals surface area (Å²) in [7, 11) is -6.65. The molecule has 0 spiro atoms. The van der Waals surface area contributed by atoms with Crippen LogP contribution in [0.4, 0.5) is 43.9 Å². The van der Waals surface area contributed by atoms with Gasteiger partial charge < -0.3 is 9.47 Å². The lowest BCUT2D eigenvalue weighted by molar-refractivity contribution is -0.273. The zero-order valence-corrected chi connectivity index (χ0v) is 15.9. The largest absolute Gasteiger partial charge is 0.446 e. The lowest BCUT2D eigenvalue weighted by atomic mass is 10.2. The molecule has 0 saturated heterocycles. The Labute approximate surface area is 167 Å². The smallest absolute Gasteiger partial charge is 0.432 e. The molecule has 2 unspecified atom stereocenters. The number of rotatable bonds is 10. The van der Waals surface area contributed by atoms with Crippen molar-refractivity contribution < 1.29 is 75.9 Å². The SMILES string of the molecule is CC(F)(F)C(OC(=O)CCCCC(=O)OC(C(F)(F)F)C(F)(F)S(=O)(=O)O)C(F)(F)F. The lowest BCUT2D eigenvalue weighted by Gasteiger charge is -2.26. The Balaban J connectivity index is 4.84. The molecule has 31 heavy (non-hydrogen) atoms. The minimum absolute atomic E-state index is 0.173. The molecule has 0 aliphatic rings. The van der Waals surface area contributed by atoms with Crippen molar-refractivity contribution in [1.29, 1.82) is 0 Å². The number of hydrogen-bond donors (Lipinski definition) is 1. The zero-order chi connectivity index (χ0) is 25.1. The molecule has 0 heterocycles. The van der Waals surface area contributed by atoms with Gasteiger partial charge in [-0.15, -0.1) is 0 Å². The van der Waals surface area contributed by atoms with Crippen molar-refractivity contribution in [2.24, 2.45) is 0 Å². The van der Waals surface area contributed by atoms with Gasteiger partial charge in [0, 0.05) is 19.8 Å². The summed E-state index contributed by atoms with van der Waals surface area (Å²) in [4.78, 5) is 22.5. The summed E-state index contributed by atoms with van der Waals surface area (Å²) in [6, 6.07) is 0. The maximum Gasteiger partial charge on any atom is 0.432 e. The summed E-state index contributed by atoms with van der Waals surface area (Å²) in [5, 5.41) is -5.96. The second-order valence-electron chi connectivity index (χ2n) is 6.02. The number of esters is 2. The molecular formula is C13H14F10O7S. The van der Waals surface area contributed by atoms with E-state index < -0.39 is 83.5 Å². The first-order valence-corrected chi connectivity index (χ1v) is 9.20. The van der Waals surface area contributed by atoms with Crippen LogP contribution in [0.25, 0.3) is 0 Å². The van der Waals surface area contributed by atoms with Gasteiger partial charge >= 0.3 is 39.7 Å². The molecule has 0 aromatic carbocycles. The predicted octanol–water partition coefficient (Wildman–Crippen LogP) is 3.63. The Hall–Kier alpha value is -1.85. The highest BCUT2D eigenvalue weighted by atomic mass is 32.2. The van der Waals surface area contributed by atoms with Gasteiger partial charge in [0.15, 0.2) is 0 Å². The van der Waals surface area contributed by atoms with E-state index in [0.29, 0.717) is 0 Å². The first-order chi connectivity index (χ1) is 13.5. The highest BCUT2D eigenvalue weighted by molar-refractivity contribution is 7.86. The third-order valence-corrected chi connectivity index (χ3v) is 4.12. The van der Waals surface area contributed by atoms with E-state index >= 15 is 0 Å². The van der Waals surface area contributed by atoms with Gasteiger partial charge in [0.2, 0.25) is 0 Å². The second kappa shape index (κ2) is 9.74. The molecule has 0 bridgehead atoms. The Morgan fingerprint density at radius 2 is 1.10 bits per heavy atom. The third kappa shape index (κ3) is 9.04. The Kier molecular flexibility index (Phi) is 9.16. The van der Waals surface area contributed by atoms with Crippen LogP contribution in [0.5, 0.6) is 0 Å². The van der Waals surface area contributed by atoms with Crippen LogP contribution in [-0.2, 0) is 29.2 Å². The van der Waals surface area contributed by atoms with Crippen LogP contribution in [0.15, 0.2) is 0 Å². The number of halogens is 10. The van der Waals surface area contributed by atoms with Crippen LogP contribution < -0.4 is 0 Å². The van der Waals surface area contributed by atoms with E-state index in [4.69, 9.17) is 4.55 Å². The number of unbranched alkanes of at least 4 members (excludes halogenated alkanes) is 1. The Morgan fingerprint density at radius 3 is 1.35 bits per heavy atom. The van der Waals surface area contributed by atoms with Gasteiger partial charge in [0.1, 0.15) is 0 Å². The van der Waals surface area contributed by atoms with Crippen molar-refractivity contribution in [2.45, 2.75) is 68.3 Å². The molecule has 7 nitrogen and oxygen atoms in total. The molecule has 0 saturated carbocycles. The monoisotopic (exact) mass is 504 g/mol. The maximum atomic E-state index is 13.2. The molecular weight excluding hydrogens is 490 g/mol. The average molecular weight is 504 g/mol. The van der Waals surface area contributed by atoms with Crippen molar-refractivity contribution in [3.63, 3.8) is 0 Å². The van der Waals surface area contributed by atoms with Crippen molar-refractivity contribution in [3.8, 4) is 0 Å². The van der Waals surface area contributed by atoms with Gasteiger partial charge in [-0.05, 0) is 12.8 Å². The molecule has 0 aromatic heterocycles. The average Bonchev–Trinajstić information content (AvgIpc) is 2.50. The van der Waals surface area contributed by atoms with Crippen molar-refractivity contribution in [1.82, 2.24) is 0 Å². The van der Waals surface area contributed by atoms with E-state index in [2.05, 4.69) is 9.47 Å². The minimum atomic E-state index is -6.65. The van der Waals surface area contributed by atoms with Gasteiger partial charge in [-0.3, -0.25) is 14.1 Å². The Morgan fingerprint density at radius 1 is 0.774 bits per heavy atom. The molecule has 0 fully saturated rings. The molecule has 0 amide bonds. The van der Waals surface area contributed by atoms with E-state index in [1.807, 2.05) is 0 Å². The van der Waals surface area contributed by atoms with Gasteiger partial charge in [-0.1, -0.05) is 0 Å². The predicted molar refractivity (Wildman–Crippen MR) is 77.5 cm³/mol. The number of carbonyl (C=O) groups excluding carboxylic acids is 2. The van der Waals surface area contributed by atoms with Crippen LogP contribution in [0.1, 0.15) is 32.6 Å². The van der Waals surface area contributed by atoms with Gasteiger partial charge in [-0.25, -0.2) is 8.78 Å². The van der Waals surface area contributed by atoms with E-state index in [0.717, 1.165) is 0 Å². The fourth-order valence-electron chi connectivity index (χ4n) is 1.84. The highest BCUT2D eigenvalue weighted by Gasteiger charge is 2.66. The minimum Gasteiger partial charge on any atom is -0.446 e. The number of alkyl halides is 10. The molecule has 0 rings (SSSR count). The number of carbonyl (C=O) groups is 2. The fraction of sp³-hybridized carbons (Fsp3) is 0.846. The van der Waals surface area contributed by atoms with Crippen molar-refractivity contribution in [3.05, 3.63) is 0 Å². The summed E-state index contributed by atoms with van der Waals surface area (Å²) in [5.41, 5.74) is 0. The number of hydrogen-bond acceptors (Lipinski definition) is 6. The summed E-state index contributed by atoms with van der Waals surface area (Å²) in [6.45, 7) is -0.173. The normalized spacial score (nSPS) is 15.9. The summed E-state index contributed by atoms with van der Waals surface area (Å²) < 4.78 is 163. The van der Waals surface area contributed by atoms with E-state index in [1.165, 1.54) is 0 Å². The third-order valence-electron chi connectivity index (χ3n) is 3.21. The van der Waals surface area contributed by atoms with Crippen LogP contribution in [0, 0.1) is 0 Å². The van der Waals surface area contributed by atoms with Crippen LogP contribution >= 0.6 is 0 Å². The molecule has 1 N–H and O–H groups in total. The molecule has 0 aliphatic carbocycles. The maximum absolute atomic E-state index is 13.2. The molecule has 0 aliphatic heterocycles. The van der Waals surface area contributed by atoms with Gasteiger partial charge in [0.25, 0.3) is 18.1 Å². The molecule has 0 radical (unpaired) electrons. The van der Waals surface area contributed by atoms with Crippen molar-refractivity contribution in [2.75, 3.05) is 0 Å². The van der Waals surface area contributed by atoms with Crippen LogP contribution in [0.2, 0.25) is 0 Å². The van der Waals surface area contributed by atoms with Gasteiger partial charge in [0.05, 0.1) is 0 Å². The quantitative estimate of drug-likeness (QED) is 0.210. The zero-order valence-electron chi connectivity index (χ0n) is 15.1. The van der Waals surface area contributed by atoms with E-state index in [-0.39, 0.29) is 6.92 Å². The molecule has 2 atom stereocenters. The molecule has 0 aromatic rings. The fourth-order valence-corrected chi connectivity index (χ4v) is 2.29. The summed E-state index contributed by atoms with van der Waals surface area (Å²) >= 11 is 0. The standard InChI is InChI=1S/C13H14F10O7S/c1-10(14,15)8(11(16,17)18)29-6(24)4-2-3-5-7(25)30-9(12(19,20)21)13(22,23)31(26,27)28/h8-9H,2-5H2,1H3,(H,26,27,28). The lowest BCUT2D eigenvalue weighted by Crippen LogP contribution is -2.52. The first kappa shape index (κ1) is 29.1. The summed E-state index contributed by atoms with van der Waals surface area (Å²) in [6.07, 6.45) is -23.6.